The average molecular weight is 425 g/mol. The summed E-state index contributed by atoms with van der Waals surface area (Å²) in [5.74, 6) is 0.731. The highest BCUT2D eigenvalue weighted by Gasteiger charge is 2.29. The highest BCUT2D eigenvalue weighted by molar-refractivity contribution is 6.31. The molecule has 4 N–H and O–H groups in total. The molecule has 0 saturated carbocycles. The Kier molecular flexibility index (Phi) is 6.09. The van der Waals surface area contributed by atoms with Crippen LogP contribution in [0, 0.1) is 0 Å². The third-order valence-electron chi connectivity index (χ3n) is 4.81. The number of hydrogen-bond acceptors (Lipinski definition) is 8. The number of morpholine rings is 1. The van der Waals surface area contributed by atoms with E-state index >= 15 is 0 Å². The van der Waals surface area contributed by atoms with Crippen molar-refractivity contribution in [1.82, 2.24) is 26.3 Å². The molecule has 29 heavy (non-hydrogen) atoms. The molecule has 0 aliphatic carbocycles. The Bertz CT molecular complexity index is 807. The van der Waals surface area contributed by atoms with Gasteiger partial charge < -0.3 is 26.0 Å². The van der Waals surface area contributed by atoms with Crippen LogP contribution in [0.4, 0.5) is 4.39 Å². The van der Waals surface area contributed by atoms with Crippen LogP contribution >= 0.6 is 11.6 Å². The summed E-state index contributed by atoms with van der Waals surface area (Å²) < 4.78 is 20.2. The van der Waals surface area contributed by atoms with Crippen molar-refractivity contribution in [1.29, 1.82) is 0 Å². The zero-order chi connectivity index (χ0) is 20.4. The van der Waals surface area contributed by atoms with Crippen molar-refractivity contribution in [2.24, 2.45) is 4.99 Å². The highest BCUT2D eigenvalue weighted by atomic mass is 35.5. The largest absolute Gasteiger partial charge is 0.374 e. The van der Waals surface area contributed by atoms with Gasteiger partial charge >= 0.3 is 0 Å². The molecule has 8 nitrogen and oxygen atoms in total. The van der Waals surface area contributed by atoms with Gasteiger partial charge in [0.25, 0.3) is 0 Å². The first-order chi connectivity index (χ1) is 14.0. The predicted octanol–water partition coefficient (Wildman–Crippen LogP) is 1.18. The summed E-state index contributed by atoms with van der Waals surface area (Å²) in [5.41, 5.74) is 1.79. The van der Waals surface area contributed by atoms with E-state index in [1.54, 1.807) is 12.4 Å². The molecule has 1 saturated heterocycles. The molecule has 1 fully saturated rings. The maximum absolute atomic E-state index is 14.4. The lowest BCUT2D eigenvalue weighted by Crippen LogP contribution is -2.49. The van der Waals surface area contributed by atoms with Crippen molar-refractivity contribution in [2.45, 2.75) is 32.2 Å². The monoisotopic (exact) mass is 424 g/mol. The summed E-state index contributed by atoms with van der Waals surface area (Å²) in [7, 11) is 0. The lowest BCUT2D eigenvalue weighted by atomic mass is 10.0. The minimum atomic E-state index is -0.291. The highest BCUT2D eigenvalue weighted by Crippen LogP contribution is 2.28. The molecule has 0 aromatic rings. The van der Waals surface area contributed by atoms with Crippen LogP contribution in [-0.2, 0) is 9.57 Å². The van der Waals surface area contributed by atoms with Gasteiger partial charge in [0.15, 0.2) is 5.83 Å². The molecule has 158 valence electrons. The normalized spacial score (nSPS) is 29.7. The van der Waals surface area contributed by atoms with Crippen LogP contribution in [0.25, 0.3) is 0 Å². The van der Waals surface area contributed by atoms with E-state index in [-0.39, 0.29) is 30.7 Å². The summed E-state index contributed by atoms with van der Waals surface area (Å²) in [6.07, 6.45) is 5.19. The first kappa shape index (κ1) is 20.2. The number of nitrogens with zero attached hydrogens (tertiary/aromatic N) is 2. The van der Waals surface area contributed by atoms with Gasteiger partial charge in [-0.2, -0.15) is 5.06 Å². The summed E-state index contributed by atoms with van der Waals surface area (Å²) in [6, 6.07) is 0. The van der Waals surface area contributed by atoms with Gasteiger partial charge in [0.05, 0.1) is 36.9 Å². The van der Waals surface area contributed by atoms with Crippen molar-refractivity contribution >= 4 is 17.8 Å². The number of halogens is 2. The van der Waals surface area contributed by atoms with E-state index in [2.05, 4.69) is 26.3 Å². The summed E-state index contributed by atoms with van der Waals surface area (Å²) >= 11 is 6.11. The molecule has 0 aromatic carbocycles. The second-order valence-corrected chi connectivity index (χ2v) is 7.88. The van der Waals surface area contributed by atoms with Crippen molar-refractivity contribution in [2.75, 3.05) is 32.8 Å². The molecule has 4 rings (SSSR count). The van der Waals surface area contributed by atoms with E-state index in [4.69, 9.17) is 21.2 Å². The van der Waals surface area contributed by atoms with Crippen LogP contribution in [0.3, 0.4) is 0 Å². The van der Waals surface area contributed by atoms with Crippen LogP contribution in [0.2, 0.25) is 0 Å². The maximum atomic E-state index is 14.4. The first-order valence-electron chi connectivity index (χ1n) is 9.77. The zero-order valence-electron chi connectivity index (χ0n) is 16.5. The number of ether oxygens (including phenoxy) is 1. The van der Waals surface area contributed by atoms with E-state index < -0.39 is 0 Å². The number of fused-ring (bicyclic) bond motifs is 1. The fraction of sp³-hybridized carbons (Fsp3) is 0.526. The van der Waals surface area contributed by atoms with E-state index in [0.717, 1.165) is 17.7 Å². The van der Waals surface area contributed by atoms with Gasteiger partial charge in [0, 0.05) is 36.7 Å². The Morgan fingerprint density at radius 3 is 3.17 bits per heavy atom. The molecule has 10 heteroatoms. The molecular weight excluding hydrogens is 399 g/mol. The fourth-order valence-electron chi connectivity index (χ4n) is 3.52. The zero-order valence-corrected chi connectivity index (χ0v) is 17.2. The van der Waals surface area contributed by atoms with Crippen LogP contribution in [0.15, 0.2) is 50.9 Å². The van der Waals surface area contributed by atoms with Crippen LogP contribution in [-0.4, -0.2) is 62.4 Å². The van der Waals surface area contributed by atoms with Crippen molar-refractivity contribution in [3.8, 4) is 0 Å². The number of hydrogen-bond donors (Lipinski definition) is 4. The van der Waals surface area contributed by atoms with Gasteiger partial charge in [-0.3, -0.25) is 9.83 Å². The molecule has 2 unspecified atom stereocenters. The summed E-state index contributed by atoms with van der Waals surface area (Å²) in [6.45, 7) is 6.48. The molecule has 4 heterocycles. The molecule has 0 bridgehead atoms. The van der Waals surface area contributed by atoms with Gasteiger partial charge in [0.1, 0.15) is 17.8 Å². The van der Waals surface area contributed by atoms with Crippen LogP contribution in [0.1, 0.15) is 13.8 Å². The van der Waals surface area contributed by atoms with Gasteiger partial charge in [-0.1, -0.05) is 11.6 Å². The van der Waals surface area contributed by atoms with Crippen LogP contribution in [0.5, 0.6) is 0 Å². The topological polar surface area (TPSA) is 82.2 Å². The van der Waals surface area contributed by atoms with E-state index in [0.29, 0.717) is 36.4 Å². The quantitative estimate of drug-likeness (QED) is 0.527. The van der Waals surface area contributed by atoms with Gasteiger partial charge in [-0.15, -0.1) is 0 Å². The third kappa shape index (κ3) is 4.75. The number of dihydropyridines is 1. The Hall–Kier alpha value is -2.07. The number of hydroxylamine groups is 2. The molecule has 4 aliphatic heterocycles. The number of allylic oxidation sites excluding steroid dienone is 2. The van der Waals surface area contributed by atoms with E-state index in [1.807, 2.05) is 25.0 Å². The minimum Gasteiger partial charge on any atom is -0.374 e. The number of aliphatic imine (C=N–C) groups is 1. The summed E-state index contributed by atoms with van der Waals surface area (Å²) in [5, 5.41) is 15.0. The minimum absolute atomic E-state index is 0.0884. The Balaban J connectivity index is 1.40. The lowest BCUT2D eigenvalue weighted by Gasteiger charge is -2.34. The van der Waals surface area contributed by atoms with Crippen molar-refractivity contribution in [3.63, 3.8) is 0 Å². The number of nitrogens with one attached hydrogen (secondary N) is 4. The molecule has 0 radical (unpaired) electrons. The van der Waals surface area contributed by atoms with E-state index in [9.17, 15) is 4.39 Å². The van der Waals surface area contributed by atoms with Crippen molar-refractivity contribution in [3.05, 3.63) is 45.9 Å². The molecule has 2 atom stereocenters. The molecular formula is C19H26ClFN6O2. The van der Waals surface area contributed by atoms with E-state index in [1.165, 1.54) is 0 Å². The fourth-order valence-corrected chi connectivity index (χ4v) is 3.70. The predicted molar refractivity (Wildman–Crippen MR) is 109 cm³/mol. The standard InChI is InChI=1S/C19H26ClFN6O2/c1-11(2)29-27-3-4-28-13(10-27)7-23-19-16(21)9-25-18(26-19)15-8-24-17-14(15)5-12(20)6-22-17/h5-6,8,11,13,17,22-23,25-26H,3-4,7,9-10H2,1-2H3. The van der Waals surface area contributed by atoms with Crippen molar-refractivity contribution < 1.29 is 14.0 Å². The molecule has 4 aliphatic rings. The molecule has 0 spiro atoms. The molecule has 0 amide bonds. The Labute approximate surface area is 174 Å². The summed E-state index contributed by atoms with van der Waals surface area (Å²) in [4.78, 5) is 10.2. The third-order valence-corrected chi connectivity index (χ3v) is 5.03. The first-order valence-corrected chi connectivity index (χ1v) is 10.2. The Morgan fingerprint density at radius 2 is 2.34 bits per heavy atom. The van der Waals surface area contributed by atoms with Crippen LogP contribution < -0.4 is 21.3 Å². The second-order valence-electron chi connectivity index (χ2n) is 7.44. The Morgan fingerprint density at radius 1 is 1.48 bits per heavy atom. The molecule has 0 aromatic heterocycles. The smallest absolute Gasteiger partial charge is 0.159 e. The maximum Gasteiger partial charge on any atom is 0.159 e. The van der Waals surface area contributed by atoms with Gasteiger partial charge in [0.2, 0.25) is 0 Å². The van der Waals surface area contributed by atoms with Gasteiger partial charge in [-0.25, -0.2) is 4.39 Å². The average Bonchev–Trinajstić information content (AvgIpc) is 3.10. The second kappa shape index (κ2) is 8.74. The number of rotatable bonds is 5. The lowest BCUT2D eigenvalue weighted by molar-refractivity contribution is -0.230. The van der Waals surface area contributed by atoms with Gasteiger partial charge in [-0.05, 0) is 19.9 Å². The SMILES string of the molecule is CC(C)ON1CCOC(CNC2=C(F)CNC(=C3C=NC4NC=C(Cl)C=C34)N2)C1.